The van der Waals surface area contributed by atoms with Crippen molar-refractivity contribution in [2.75, 3.05) is 5.32 Å². The third-order valence-corrected chi connectivity index (χ3v) is 7.22. The summed E-state index contributed by atoms with van der Waals surface area (Å²) < 4.78 is 53.9. The van der Waals surface area contributed by atoms with Gasteiger partial charge in [-0.1, -0.05) is 5.16 Å². The van der Waals surface area contributed by atoms with Crippen LogP contribution in [0.5, 0.6) is 0 Å². The molecule has 11 heteroatoms. The molecule has 4 aromatic rings. The minimum atomic E-state index is -4.71. The van der Waals surface area contributed by atoms with E-state index in [0.717, 1.165) is 27.5 Å². The summed E-state index contributed by atoms with van der Waals surface area (Å²) in [6, 6.07) is 8.16. The van der Waals surface area contributed by atoms with Gasteiger partial charge >= 0.3 is 5.76 Å². The summed E-state index contributed by atoms with van der Waals surface area (Å²) in [5.41, 5.74) is 2.65. The number of nitrogens with one attached hydrogen (secondary N) is 1. The van der Waals surface area contributed by atoms with Gasteiger partial charge in [-0.2, -0.15) is 8.78 Å². The molecule has 7 nitrogen and oxygen atoms in total. The monoisotopic (exact) mass is 477 g/mol. The van der Waals surface area contributed by atoms with Crippen LogP contribution in [0.4, 0.5) is 14.5 Å². The summed E-state index contributed by atoms with van der Waals surface area (Å²) in [5.74, 6) is -4.02. The van der Waals surface area contributed by atoms with E-state index in [1.165, 1.54) is 12.1 Å². The average molecular weight is 478 g/mol. The molecule has 1 amide bonds. The number of hydrogen-bond donors (Lipinski definition) is 1. The number of aryl methyl sites for hydroxylation is 3. The summed E-state index contributed by atoms with van der Waals surface area (Å²) in [7, 11) is -4.71. The first kappa shape index (κ1) is 22.0. The van der Waals surface area contributed by atoms with E-state index in [1.54, 1.807) is 24.3 Å². The van der Waals surface area contributed by atoms with Crippen molar-refractivity contribution in [1.82, 2.24) is 10.1 Å². The second-order valence-electron chi connectivity index (χ2n) is 7.11. The number of nitrogens with zero attached hydrogens (tertiary/aromatic N) is 2. The summed E-state index contributed by atoms with van der Waals surface area (Å²) in [5, 5.41) is 7.02. The molecular formula is C21H17F2N3O4S2. The minimum absolute atomic E-state index is 0.215. The molecule has 0 aliphatic heterocycles. The smallest absolute Gasteiger partial charge is 0.335 e. The number of anilines is 1. The van der Waals surface area contributed by atoms with Crippen LogP contribution in [0.2, 0.25) is 0 Å². The van der Waals surface area contributed by atoms with E-state index in [2.05, 4.69) is 15.5 Å². The number of carbonyl (C=O) groups excluding carboxylic acids is 1. The van der Waals surface area contributed by atoms with Gasteiger partial charge in [0.25, 0.3) is 11.6 Å². The maximum Gasteiger partial charge on any atom is 0.341 e. The first-order chi connectivity index (χ1) is 15.1. The normalized spacial score (nSPS) is 11.9. The molecule has 0 atom stereocenters. The summed E-state index contributed by atoms with van der Waals surface area (Å²) in [6.07, 6.45) is 0. The van der Waals surface area contributed by atoms with Crippen LogP contribution in [0.25, 0.3) is 22.4 Å². The molecule has 0 fully saturated rings. The second kappa shape index (κ2) is 8.06. The lowest BCUT2D eigenvalue weighted by Crippen LogP contribution is -2.14. The van der Waals surface area contributed by atoms with Crippen LogP contribution in [0.15, 0.2) is 45.8 Å². The Morgan fingerprint density at radius 1 is 1.12 bits per heavy atom. The summed E-state index contributed by atoms with van der Waals surface area (Å²) >= 11 is 1.61. The first-order valence-corrected chi connectivity index (χ1v) is 11.7. The maximum atomic E-state index is 13.1. The molecule has 4 rings (SSSR count). The number of halogens is 2. The third-order valence-electron chi connectivity index (χ3n) is 4.85. The lowest BCUT2D eigenvalue weighted by atomic mass is 10.1. The van der Waals surface area contributed by atoms with Crippen LogP contribution in [0, 0.1) is 20.8 Å². The largest absolute Gasteiger partial charge is 0.341 e. The summed E-state index contributed by atoms with van der Waals surface area (Å²) in [6.45, 7) is 5.62. The number of pyridine rings is 1. The number of sulfone groups is 1. The van der Waals surface area contributed by atoms with Gasteiger partial charge in [-0.3, -0.25) is 4.79 Å². The highest BCUT2D eigenvalue weighted by Crippen LogP contribution is 2.33. The third kappa shape index (κ3) is 3.89. The maximum absolute atomic E-state index is 13.1. The topological polar surface area (TPSA) is 102 Å². The van der Waals surface area contributed by atoms with Crippen LogP contribution in [-0.2, 0) is 9.84 Å². The number of carbonyl (C=O) groups is 1. The van der Waals surface area contributed by atoms with Gasteiger partial charge in [0.1, 0.15) is 0 Å². The van der Waals surface area contributed by atoms with Gasteiger partial charge in [0.05, 0.1) is 27.2 Å². The Labute approximate surface area is 186 Å². The van der Waals surface area contributed by atoms with E-state index < -0.39 is 26.4 Å². The van der Waals surface area contributed by atoms with Crippen LogP contribution in [0.1, 0.15) is 25.8 Å². The standard InChI is InChI=1S/C21H17F2N3O4S2/c1-10-8-15(12(3)31-10)17-9-16(18-11(2)26-30-20(18)25-17)19(27)24-13-4-6-14(7-5-13)32(28,29)21(22)23/h4-9,21H,1-3H3,(H,24,27). The van der Waals surface area contributed by atoms with Gasteiger partial charge in [-0.25, -0.2) is 13.4 Å². The van der Waals surface area contributed by atoms with Crippen molar-refractivity contribution in [3.8, 4) is 11.3 Å². The van der Waals surface area contributed by atoms with Gasteiger partial charge < -0.3 is 9.84 Å². The Kier molecular flexibility index (Phi) is 5.55. The van der Waals surface area contributed by atoms with Gasteiger partial charge in [0.15, 0.2) is 0 Å². The molecule has 0 radical (unpaired) electrons. The molecule has 0 saturated carbocycles. The number of aromatic nitrogens is 2. The van der Waals surface area contributed by atoms with Gasteiger partial charge in [-0.05, 0) is 57.2 Å². The highest BCUT2D eigenvalue weighted by atomic mass is 32.2. The SMILES string of the molecule is Cc1cc(-c2cc(C(=O)Nc3ccc(S(=O)(=O)C(F)F)cc3)c3c(C)noc3n2)c(C)s1. The number of amides is 1. The van der Waals surface area contributed by atoms with Crippen molar-refractivity contribution in [2.24, 2.45) is 0 Å². The number of benzene rings is 1. The van der Waals surface area contributed by atoms with E-state index in [4.69, 9.17) is 4.52 Å². The predicted molar refractivity (Wildman–Crippen MR) is 117 cm³/mol. The molecule has 0 spiro atoms. The molecule has 32 heavy (non-hydrogen) atoms. The lowest BCUT2D eigenvalue weighted by Gasteiger charge is -2.09. The summed E-state index contributed by atoms with van der Waals surface area (Å²) in [4.78, 5) is 19.2. The van der Waals surface area contributed by atoms with Gasteiger partial charge in [-0.15, -0.1) is 11.3 Å². The fourth-order valence-electron chi connectivity index (χ4n) is 3.33. The minimum Gasteiger partial charge on any atom is -0.335 e. The van der Waals surface area contributed by atoms with Crippen molar-refractivity contribution >= 4 is 43.9 Å². The number of fused-ring (bicyclic) bond motifs is 1. The van der Waals surface area contributed by atoms with Crippen LogP contribution in [0.3, 0.4) is 0 Å². The number of hydrogen-bond acceptors (Lipinski definition) is 7. The number of thiophene rings is 1. The molecule has 3 aromatic heterocycles. The van der Waals surface area contributed by atoms with Crippen LogP contribution >= 0.6 is 11.3 Å². The highest BCUT2D eigenvalue weighted by molar-refractivity contribution is 7.91. The average Bonchev–Trinajstić information content (AvgIpc) is 3.28. The van der Waals surface area contributed by atoms with Crippen molar-refractivity contribution in [3.05, 3.63) is 57.4 Å². The Hall–Kier alpha value is -3.18. The zero-order chi connectivity index (χ0) is 23.2. The molecule has 0 saturated heterocycles. The zero-order valence-electron chi connectivity index (χ0n) is 17.1. The van der Waals surface area contributed by atoms with E-state index in [-0.39, 0.29) is 17.0 Å². The second-order valence-corrected chi connectivity index (χ2v) is 10.5. The van der Waals surface area contributed by atoms with E-state index in [1.807, 2.05) is 19.9 Å². The molecule has 1 aromatic carbocycles. The first-order valence-electron chi connectivity index (χ1n) is 9.36. The quantitative estimate of drug-likeness (QED) is 0.428. The van der Waals surface area contributed by atoms with Crippen molar-refractivity contribution in [2.45, 2.75) is 31.4 Å². The Morgan fingerprint density at radius 2 is 1.81 bits per heavy atom. The molecular weight excluding hydrogens is 460 g/mol. The zero-order valence-corrected chi connectivity index (χ0v) is 18.8. The Bertz CT molecular complexity index is 1440. The lowest BCUT2D eigenvalue weighted by molar-refractivity contribution is 0.102. The fraction of sp³-hybridized carbons (Fsp3) is 0.190. The Morgan fingerprint density at radius 3 is 2.41 bits per heavy atom. The van der Waals surface area contributed by atoms with E-state index >= 15 is 0 Å². The van der Waals surface area contributed by atoms with E-state index in [0.29, 0.717) is 16.8 Å². The fourth-order valence-corrected chi connectivity index (χ4v) is 4.98. The molecule has 0 aliphatic rings. The van der Waals surface area contributed by atoms with Crippen molar-refractivity contribution in [1.29, 1.82) is 0 Å². The molecule has 0 unspecified atom stereocenters. The molecule has 0 bridgehead atoms. The van der Waals surface area contributed by atoms with Crippen LogP contribution < -0.4 is 5.32 Å². The molecule has 3 heterocycles. The Balaban J connectivity index is 1.72. The van der Waals surface area contributed by atoms with Gasteiger partial charge in [0.2, 0.25) is 9.84 Å². The van der Waals surface area contributed by atoms with Crippen molar-refractivity contribution in [3.63, 3.8) is 0 Å². The van der Waals surface area contributed by atoms with Gasteiger partial charge in [0, 0.05) is 21.0 Å². The number of rotatable bonds is 5. The van der Waals surface area contributed by atoms with E-state index in [9.17, 15) is 22.0 Å². The van der Waals surface area contributed by atoms with Crippen molar-refractivity contribution < 1.29 is 26.5 Å². The molecule has 1 N–H and O–H groups in total. The number of alkyl halides is 2. The predicted octanol–water partition coefficient (Wildman–Crippen LogP) is 5.13. The molecule has 166 valence electrons. The van der Waals surface area contributed by atoms with Crippen LogP contribution in [-0.4, -0.2) is 30.2 Å². The molecule has 0 aliphatic carbocycles. The highest BCUT2D eigenvalue weighted by Gasteiger charge is 2.26.